The largest absolute Gasteiger partial charge is 0.327 e. The molecule has 1 aliphatic rings. The van der Waals surface area contributed by atoms with Crippen molar-refractivity contribution in [3.05, 3.63) is 81.3 Å². The first-order chi connectivity index (χ1) is 16.1. The molecule has 4 rings (SSSR count). The van der Waals surface area contributed by atoms with E-state index in [0.717, 1.165) is 11.1 Å². The SMILES string of the molecule is CCCc1[nH]n(-c2ccc(F)cc2)c(=O)c1C1=C([n+]2ccc(C)c(C)c2)C(=O)N(C(C)C)C1=O. The fourth-order valence-electron chi connectivity index (χ4n) is 4.23. The van der Waals surface area contributed by atoms with E-state index < -0.39 is 23.2 Å². The second-order valence-electron chi connectivity index (χ2n) is 8.85. The summed E-state index contributed by atoms with van der Waals surface area (Å²) >= 11 is 0. The van der Waals surface area contributed by atoms with Crippen molar-refractivity contribution >= 4 is 23.1 Å². The summed E-state index contributed by atoms with van der Waals surface area (Å²) in [6, 6.07) is 7.00. The lowest BCUT2D eigenvalue weighted by Gasteiger charge is -2.17. The van der Waals surface area contributed by atoms with Crippen LogP contribution in [0.1, 0.15) is 49.6 Å². The first kappa shape index (κ1) is 23.4. The maximum Gasteiger partial charge on any atom is 0.327 e. The average molecular weight is 464 g/mol. The normalized spacial score (nSPS) is 14.1. The molecule has 0 saturated carbocycles. The van der Waals surface area contributed by atoms with Crippen molar-refractivity contribution in [3.63, 3.8) is 0 Å². The zero-order chi connectivity index (χ0) is 24.7. The number of hydrogen-bond acceptors (Lipinski definition) is 3. The number of nitrogens with zero attached hydrogens (tertiary/aromatic N) is 3. The van der Waals surface area contributed by atoms with E-state index in [-0.39, 0.29) is 22.9 Å². The molecular weight excluding hydrogens is 435 g/mol. The van der Waals surface area contributed by atoms with Crippen LogP contribution >= 0.6 is 0 Å². The highest BCUT2D eigenvalue weighted by Gasteiger charge is 2.48. The van der Waals surface area contributed by atoms with E-state index in [1.807, 2.05) is 26.8 Å². The van der Waals surface area contributed by atoms with Crippen molar-refractivity contribution < 1.29 is 18.5 Å². The molecule has 3 aromatic rings. The molecule has 1 N–H and O–H groups in total. The first-order valence-electron chi connectivity index (χ1n) is 11.4. The minimum atomic E-state index is -0.500. The maximum absolute atomic E-state index is 13.7. The third kappa shape index (κ3) is 3.79. The molecule has 7 nitrogen and oxygen atoms in total. The van der Waals surface area contributed by atoms with Gasteiger partial charge in [0.15, 0.2) is 12.4 Å². The summed E-state index contributed by atoms with van der Waals surface area (Å²) in [6.45, 7) is 9.38. The molecule has 0 bridgehead atoms. The van der Waals surface area contributed by atoms with Gasteiger partial charge in [0, 0.05) is 23.4 Å². The number of carbonyl (C=O) groups excluding carboxylic acids is 2. The Morgan fingerprint density at radius 1 is 1.00 bits per heavy atom. The molecule has 2 aromatic heterocycles. The second kappa shape index (κ2) is 8.85. The zero-order valence-electron chi connectivity index (χ0n) is 20.0. The molecule has 3 heterocycles. The number of aryl methyl sites for hydroxylation is 3. The van der Waals surface area contributed by atoms with Gasteiger partial charge >= 0.3 is 5.91 Å². The van der Waals surface area contributed by atoms with Crippen LogP contribution in [0.2, 0.25) is 0 Å². The summed E-state index contributed by atoms with van der Waals surface area (Å²) < 4.78 is 16.4. The van der Waals surface area contributed by atoms with Crippen LogP contribution in [-0.2, 0) is 16.0 Å². The molecule has 0 spiro atoms. The van der Waals surface area contributed by atoms with Crippen molar-refractivity contribution in [3.8, 4) is 5.69 Å². The number of aromatic amines is 1. The third-order valence-electron chi connectivity index (χ3n) is 6.11. The highest BCUT2D eigenvalue weighted by molar-refractivity contribution is 6.44. The van der Waals surface area contributed by atoms with E-state index in [2.05, 4.69) is 5.10 Å². The Morgan fingerprint density at radius 2 is 1.68 bits per heavy atom. The number of halogens is 1. The van der Waals surface area contributed by atoms with E-state index in [4.69, 9.17) is 0 Å². The van der Waals surface area contributed by atoms with E-state index in [1.165, 1.54) is 33.8 Å². The van der Waals surface area contributed by atoms with Crippen LogP contribution in [0.25, 0.3) is 17.0 Å². The van der Waals surface area contributed by atoms with Crippen molar-refractivity contribution in [2.75, 3.05) is 0 Å². The maximum atomic E-state index is 13.7. The highest BCUT2D eigenvalue weighted by Crippen LogP contribution is 2.31. The molecule has 0 saturated heterocycles. The van der Waals surface area contributed by atoms with Gasteiger partial charge in [-0.25, -0.2) is 9.07 Å². The fourth-order valence-corrected chi connectivity index (χ4v) is 4.23. The zero-order valence-corrected chi connectivity index (χ0v) is 20.0. The molecule has 0 radical (unpaired) electrons. The summed E-state index contributed by atoms with van der Waals surface area (Å²) in [4.78, 5) is 42.0. The Hall–Kier alpha value is -3.81. The van der Waals surface area contributed by atoms with Gasteiger partial charge in [-0.3, -0.25) is 24.4 Å². The van der Waals surface area contributed by atoms with Gasteiger partial charge in [0.05, 0.1) is 11.3 Å². The summed E-state index contributed by atoms with van der Waals surface area (Å²) in [7, 11) is 0. The molecule has 1 aliphatic heterocycles. The molecule has 2 amide bonds. The lowest BCUT2D eigenvalue weighted by molar-refractivity contribution is -0.577. The van der Waals surface area contributed by atoms with Crippen molar-refractivity contribution in [2.24, 2.45) is 0 Å². The lowest BCUT2D eigenvalue weighted by Crippen LogP contribution is -2.42. The molecule has 0 aliphatic carbocycles. The van der Waals surface area contributed by atoms with Crippen LogP contribution in [0.4, 0.5) is 4.39 Å². The smallest absolute Gasteiger partial charge is 0.294 e. The van der Waals surface area contributed by atoms with Gasteiger partial charge in [-0.2, -0.15) is 4.57 Å². The first-order valence-corrected chi connectivity index (χ1v) is 11.4. The molecule has 0 fully saturated rings. The highest BCUT2D eigenvalue weighted by atomic mass is 19.1. The van der Waals surface area contributed by atoms with Crippen LogP contribution in [0.3, 0.4) is 0 Å². The molecule has 176 valence electrons. The summed E-state index contributed by atoms with van der Waals surface area (Å²) in [5.74, 6) is -1.36. The van der Waals surface area contributed by atoms with Crippen LogP contribution in [-0.4, -0.2) is 32.5 Å². The number of H-pyrrole nitrogens is 1. The van der Waals surface area contributed by atoms with E-state index in [1.54, 1.807) is 30.8 Å². The molecular formula is C26H28FN4O3+. The topological polar surface area (TPSA) is 79.1 Å². The van der Waals surface area contributed by atoms with Crippen LogP contribution in [0.15, 0.2) is 47.5 Å². The van der Waals surface area contributed by atoms with Gasteiger partial charge in [0.25, 0.3) is 17.2 Å². The predicted octanol–water partition coefficient (Wildman–Crippen LogP) is 3.31. The van der Waals surface area contributed by atoms with Gasteiger partial charge in [0.2, 0.25) is 0 Å². The van der Waals surface area contributed by atoms with Crippen LogP contribution in [0.5, 0.6) is 0 Å². The molecule has 1 aromatic carbocycles. The van der Waals surface area contributed by atoms with Crippen LogP contribution < -0.4 is 10.1 Å². The number of benzene rings is 1. The minimum absolute atomic E-state index is 0.0810. The third-order valence-corrected chi connectivity index (χ3v) is 6.11. The number of carbonyl (C=O) groups is 2. The van der Waals surface area contributed by atoms with Gasteiger partial charge < -0.3 is 0 Å². The number of amides is 2. The number of hydrogen-bond donors (Lipinski definition) is 1. The number of pyridine rings is 1. The van der Waals surface area contributed by atoms with E-state index >= 15 is 0 Å². The molecule has 0 atom stereocenters. The molecule has 8 heteroatoms. The monoisotopic (exact) mass is 463 g/mol. The minimum Gasteiger partial charge on any atom is -0.294 e. The fraction of sp³-hybridized carbons (Fsp3) is 0.308. The predicted molar refractivity (Wildman–Crippen MR) is 127 cm³/mol. The van der Waals surface area contributed by atoms with Gasteiger partial charge in [-0.15, -0.1) is 0 Å². The van der Waals surface area contributed by atoms with Crippen LogP contribution in [0, 0.1) is 19.7 Å². The quantitative estimate of drug-likeness (QED) is 0.450. The summed E-state index contributed by atoms with van der Waals surface area (Å²) in [6.07, 6.45) is 4.74. The lowest BCUT2D eigenvalue weighted by atomic mass is 10.0. The van der Waals surface area contributed by atoms with Gasteiger partial charge in [-0.1, -0.05) is 13.3 Å². The average Bonchev–Trinajstić information content (AvgIpc) is 3.23. The summed E-state index contributed by atoms with van der Waals surface area (Å²) in [5.41, 5.74) is 2.94. The molecule has 34 heavy (non-hydrogen) atoms. The number of imide groups is 1. The molecule has 0 unspecified atom stereocenters. The van der Waals surface area contributed by atoms with E-state index in [9.17, 15) is 18.8 Å². The number of rotatable bonds is 6. The Morgan fingerprint density at radius 3 is 2.26 bits per heavy atom. The van der Waals surface area contributed by atoms with Crippen molar-refractivity contribution in [1.29, 1.82) is 0 Å². The van der Waals surface area contributed by atoms with Gasteiger partial charge in [0.1, 0.15) is 11.4 Å². The standard InChI is InChI=1S/C26H27FN4O3/c1-6-7-20-21(25(33)31(28-20)19-10-8-18(27)9-11-19)22-23(26(34)30(15(2)3)24(22)32)29-13-12-16(4)17(5)14-29/h8-15H,6-7H2,1-5H3/p+1. The van der Waals surface area contributed by atoms with E-state index in [0.29, 0.717) is 24.2 Å². The Bertz CT molecular complexity index is 1380. The number of nitrogens with one attached hydrogen (secondary N) is 1. The van der Waals surface area contributed by atoms with Crippen molar-refractivity contribution in [1.82, 2.24) is 14.7 Å². The Balaban J connectivity index is 2.03. The summed E-state index contributed by atoms with van der Waals surface area (Å²) in [5, 5.41) is 3.09. The second-order valence-corrected chi connectivity index (χ2v) is 8.85. The Kier molecular flexibility index (Phi) is 6.08. The van der Waals surface area contributed by atoms with Crippen molar-refractivity contribution in [2.45, 2.75) is 53.5 Å². The number of aromatic nitrogens is 3. The Labute approximate surface area is 197 Å². The van der Waals surface area contributed by atoms with Gasteiger partial charge in [-0.05, 0) is 63.9 Å².